The number of benzene rings is 1. The Labute approximate surface area is 105 Å². The third-order valence-corrected chi connectivity index (χ3v) is 3.13. The predicted molar refractivity (Wildman–Crippen MR) is 63.8 cm³/mol. The summed E-state index contributed by atoms with van der Waals surface area (Å²) in [4.78, 5) is 21.5. The van der Waals surface area contributed by atoms with E-state index < -0.39 is 28.4 Å². The van der Waals surface area contributed by atoms with Crippen molar-refractivity contribution < 1.29 is 23.3 Å². The summed E-state index contributed by atoms with van der Waals surface area (Å²) in [6.07, 6.45) is 0. The SMILES string of the molecule is O=C(O)CS(=O)CC(=O)NCc1ccc(F)cc1. The minimum atomic E-state index is -1.71. The van der Waals surface area contributed by atoms with Crippen LogP contribution < -0.4 is 5.32 Å². The molecule has 1 aromatic carbocycles. The molecule has 0 aliphatic heterocycles. The number of carbonyl (C=O) groups excluding carboxylic acids is 1. The summed E-state index contributed by atoms with van der Waals surface area (Å²) >= 11 is 0. The highest BCUT2D eigenvalue weighted by atomic mass is 32.2. The number of amides is 1. The highest BCUT2D eigenvalue weighted by Gasteiger charge is 2.11. The topological polar surface area (TPSA) is 83.5 Å². The van der Waals surface area contributed by atoms with Gasteiger partial charge in [0.1, 0.15) is 17.3 Å². The van der Waals surface area contributed by atoms with Crippen LogP contribution in [-0.4, -0.2) is 32.7 Å². The van der Waals surface area contributed by atoms with Crippen LogP contribution in [0.2, 0.25) is 0 Å². The number of nitrogens with one attached hydrogen (secondary N) is 1. The first-order chi connectivity index (χ1) is 8.47. The molecule has 0 saturated heterocycles. The fraction of sp³-hybridized carbons (Fsp3) is 0.273. The highest BCUT2D eigenvalue weighted by Crippen LogP contribution is 2.01. The van der Waals surface area contributed by atoms with Crippen LogP contribution in [0.4, 0.5) is 4.39 Å². The van der Waals surface area contributed by atoms with Crippen molar-refractivity contribution >= 4 is 22.7 Å². The Morgan fingerprint density at radius 1 is 1.22 bits per heavy atom. The number of carbonyl (C=O) groups is 2. The van der Waals surface area contributed by atoms with Gasteiger partial charge in [0, 0.05) is 17.3 Å². The van der Waals surface area contributed by atoms with Gasteiger partial charge in [-0.15, -0.1) is 0 Å². The summed E-state index contributed by atoms with van der Waals surface area (Å²) in [5, 5.41) is 10.8. The standard InChI is InChI=1S/C11H12FNO4S/c12-9-3-1-8(2-4-9)5-13-10(14)6-18(17)7-11(15)16/h1-4H,5-7H2,(H,13,14)(H,15,16). The van der Waals surface area contributed by atoms with Crippen molar-refractivity contribution in [3.63, 3.8) is 0 Å². The number of aliphatic carboxylic acids is 1. The van der Waals surface area contributed by atoms with Gasteiger partial charge in [-0.1, -0.05) is 12.1 Å². The maximum atomic E-state index is 12.6. The molecule has 98 valence electrons. The van der Waals surface area contributed by atoms with Gasteiger partial charge in [-0.2, -0.15) is 0 Å². The van der Waals surface area contributed by atoms with E-state index in [0.29, 0.717) is 5.56 Å². The summed E-state index contributed by atoms with van der Waals surface area (Å²) in [6.45, 7) is 0.184. The smallest absolute Gasteiger partial charge is 0.316 e. The van der Waals surface area contributed by atoms with Gasteiger partial charge in [-0.05, 0) is 17.7 Å². The fourth-order valence-electron chi connectivity index (χ4n) is 1.19. The zero-order valence-corrected chi connectivity index (χ0v) is 10.2. The van der Waals surface area contributed by atoms with E-state index in [0.717, 1.165) is 0 Å². The second kappa shape index (κ2) is 6.85. The van der Waals surface area contributed by atoms with E-state index >= 15 is 0 Å². The van der Waals surface area contributed by atoms with E-state index in [4.69, 9.17) is 5.11 Å². The lowest BCUT2D eigenvalue weighted by molar-refractivity contribution is -0.133. The van der Waals surface area contributed by atoms with E-state index in [1.807, 2.05) is 0 Å². The normalized spacial score (nSPS) is 11.8. The van der Waals surface area contributed by atoms with Crippen LogP contribution in [0.1, 0.15) is 5.56 Å². The van der Waals surface area contributed by atoms with Gasteiger partial charge >= 0.3 is 5.97 Å². The van der Waals surface area contributed by atoms with E-state index in [1.165, 1.54) is 24.3 Å². The second-order valence-electron chi connectivity index (χ2n) is 3.53. The van der Waals surface area contributed by atoms with Crippen molar-refractivity contribution in [3.8, 4) is 0 Å². The number of halogens is 1. The Morgan fingerprint density at radius 3 is 2.39 bits per heavy atom. The van der Waals surface area contributed by atoms with Gasteiger partial charge < -0.3 is 10.4 Å². The molecule has 0 aliphatic rings. The Bertz CT molecular complexity index is 461. The monoisotopic (exact) mass is 273 g/mol. The molecule has 0 heterocycles. The van der Waals surface area contributed by atoms with Crippen LogP contribution in [0.3, 0.4) is 0 Å². The van der Waals surface area contributed by atoms with Crippen molar-refractivity contribution in [1.82, 2.24) is 5.32 Å². The minimum absolute atomic E-state index is 0.184. The summed E-state index contributed by atoms with van der Waals surface area (Å²) in [5.74, 6) is -2.98. The second-order valence-corrected chi connectivity index (χ2v) is 4.98. The third-order valence-electron chi connectivity index (χ3n) is 1.98. The van der Waals surface area contributed by atoms with Crippen molar-refractivity contribution in [2.45, 2.75) is 6.54 Å². The minimum Gasteiger partial charge on any atom is -0.481 e. The first-order valence-electron chi connectivity index (χ1n) is 5.05. The Morgan fingerprint density at radius 2 is 1.83 bits per heavy atom. The third kappa shape index (κ3) is 5.53. The number of hydrogen-bond acceptors (Lipinski definition) is 3. The average Bonchev–Trinajstić information content (AvgIpc) is 2.27. The molecule has 2 N–H and O–H groups in total. The number of rotatable bonds is 6. The summed E-state index contributed by atoms with van der Waals surface area (Å²) in [6, 6.07) is 5.57. The molecular formula is C11H12FNO4S. The summed E-state index contributed by atoms with van der Waals surface area (Å²) in [7, 11) is -1.71. The van der Waals surface area contributed by atoms with E-state index in [9.17, 15) is 18.2 Å². The van der Waals surface area contributed by atoms with Crippen LogP contribution in [0.15, 0.2) is 24.3 Å². The average molecular weight is 273 g/mol. The molecule has 0 fully saturated rings. The Hall–Kier alpha value is -1.76. The van der Waals surface area contributed by atoms with Crippen LogP contribution in [0.25, 0.3) is 0 Å². The molecule has 0 aliphatic carbocycles. The molecule has 0 saturated carbocycles. The fourth-order valence-corrected chi connectivity index (χ4v) is 1.96. The molecule has 1 aromatic rings. The number of carboxylic acid groups (broad SMARTS) is 1. The van der Waals surface area contributed by atoms with E-state index in [-0.39, 0.29) is 18.1 Å². The zero-order valence-electron chi connectivity index (χ0n) is 9.39. The quantitative estimate of drug-likeness (QED) is 0.779. The van der Waals surface area contributed by atoms with Crippen molar-refractivity contribution in [2.24, 2.45) is 0 Å². The van der Waals surface area contributed by atoms with Gasteiger partial charge in [0.15, 0.2) is 0 Å². The lowest BCUT2D eigenvalue weighted by Gasteiger charge is -2.04. The van der Waals surface area contributed by atoms with Crippen LogP contribution >= 0.6 is 0 Å². The molecule has 1 atom stereocenters. The molecule has 0 bridgehead atoms. The van der Waals surface area contributed by atoms with Crippen LogP contribution in [0.5, 0.6) is 0 Å². The van der Waals surface area contributed by atoms with E-state index in [2.05, 4.69) is 5.32 Å². The maximum Gasteiger partial charge on any atom is 0.316 e. The molecule has 5 nitrogen and oxygen atoms in total. The molecular weight excluding hydrogens is 261 g/mol. The maximum absolute atomic E-state index is 12.6. The van der Waals surface area contributed by atoms with Crippen LogP contribution in [0, 0.1) is 5.82 Å². The molecule has 0 aromatic heterocycles. The van der Waals surface area contributed by atoms with Gasteiger partial charge in [0.05, 0.1) is 0 Å². The first kappa shape index (κ1) is 14.3. The van der Waals surface area contributed by atoms with Crippen molar-refractivity contribution in [2.75, 3.05) is 11.5 Å². The number of hydrogen-bond donors (Lipinski definition) is 2. The molecule has 1 unspecified atom stereocenters. The zero-order chi connectivity index (χ0) is 13.5. The molecule has 0 spiro atoms. The van der Waals surface area contributed by atoms with Crippen molar-refractivity contribution in [3.05, 3.63) is 35.6 Å². The highest BCUT2D eigenvalue weighted by molar-refractivity contribution is 7.86. The summed E-state index contributed by atoms with van der Waals surface area (Å²) in [5.41, 5.74) is 0.703. The Kier molecular flexibility index (Phi) is 5.44. The largest absolute Gasteiger partial charge is 0.481 e. The lowest BCUT2D eigenvalue weighted by Crippen LogP contribution is -2.29. The van der Waals surface area contributed by atoms with Crippen molar-refractivity contribution in [1.29, 1.82) is 0 Å². The predicted octanol–water partition coefficient (Wildman–Crippen LogP) is 0.275. The summed E-state index contributed by atoms with van der Waals surface area (Å²) < 4.78 is 23.7. The molecule has 0 radical (unpaired) electrons. The molecule has 1 amide bonds. The number of carboxylic acids is 1. The van der Waals surface area contributed by atoms with Gasteiger partial charge in [-0.3, -0.25) is 13.8 Å². The first-order valence-corrected chi connectivity index (χ1v) is 6.54. The molecule has 1 rings (SSSR count). The van der Waals surface area contributed by atoms with Gasteiger partial charge in [-0.25, -0.2) is 4.39 Å². The van der Waals surface area contributed by atoms with Gasteiger partial charge in [0.25, 0.3) is 0 Å². The Balaban J connectivity index is 2.35. The van der Waals surface area contributed by atoms with E-state index in [1.54, 1.807) is 0 Å². The van der Waals surface area contributed by atoms with Crippen LogP contribution in [-0.2, 0) is 26.9 Å². The lowest BCUT2D eigenvalue weighted by atomic mass is 10.2. The molecule has 7 heteroatoms. The molecule has 18 heavy (non-hydrogen) atoms. The van der Waals surface area contributed by atoms with Gasteiger partial charge in [0.2, 0.25) is 5.91 Å².